The summed E-state index contributed by atoms with van der Waals surface area (Å²) in [6.45, 7) is 10.2. The Labute approximate surface area is 122 Å². The molecule has 0 aromatic heterocycles. The molecule has 0 atom stereocenters. The average Bonchev–Trinajstić information content (AvgIpc) is 2.45. The largest absolute Gasteiger partial charge is 0.491 e. The summed E-state index contributed by atoms with van der Waals surface area (Å²) >= 11 is 0. The molecule has 0 amide bonds. The third kappa shape index (κ3) is 7.48. The second-order valence-corrected chi connectivity index (χ2v) is 4.80. The molecule has 0 aliphatic rings. The van der Waals surface area contributed by atoms with Gasteiger partial charge in [-0.3, -0.25) is 0 Å². The van der Waals surface area contributed by atoms with Gasteiger partial charge in [0.05, 0.1) is 19.8 Å². The molecule has 0 unspecified atom stereocenters. The van der Waals surface area contributed by atoms with Gasteiger partial charge in [0.25, 0.3) is 0 Å². The smallest absolute Gasteiger partial charge is 0.123 e. The van der Waals surface area contributed by atoms with Crippen LogP contribution in [0.2, 0.25) is 0 Å². The van der Waals surface area contributed by atoms with E-state index in [2.05, 4.69) is 25.2 Å². The van der Waals surface area contributed by atoms with E-state index in [9.17, 15) is 0 Å². The van der Waals surface area contributed by atoms with Gasteiger partial charge in [0.1, 0.15) is 12.4 Å². The summed E-state index contributed by atoms with van der Waals surface area (Å²) in [4.78, 5) is 0. The van der Waals surface area contributed by atoms with E-state index in [1.807, 2.05) is 25.1 Å². The fourth-order valence-corrected chi connectivity index (χ4v) is 1.68. The minimum absolute atomic E-state index is 0.463. The minimum Gasteiger partial charge on any atom is -0.491 e. The summed E-state index contributed by atoms with van der Waals surface area (Å²) in [6, 6.07) is 8.57. The Hall–Kier alpha value is -1.10. The highest BCUT2D eigenvalue weighted by atomic mass is 16.5. The highest BCUT2D eigenvalue weighted by molar-refractivity contribution is 5.33. The number of rotatable bonds is 11. The fraction of sp³-hybridized carbons (Fsp3) is 0.625. The van der Waals surface area contributed by atoms with Crippen molar-refractivity contribution in [2.45, 2.75) is 33.4 Å². The summed E-state index contributed by atoms with van der Waals surface area (Å²) < 4.78 is 16.4. The van der Waals surface area contributed by atoms with Crippen molar-refractivity contribution in [3.05, 3.63) is 29.8 Å². The molecule has 4 heteroatoms. The summed E-state index contributed by atoms with van der Waals surface area (Å²) in [5.41, 5.74) is 1.18. The predicted molar refractivity (Wildman–Crippen MR) is 81.2 cm³/mol. The first-order valence-corrected chi connectivity index (χ1v) is 7.33. The molecule has 0 spiro atoms. The monoisotopic (exact) mass is 281 g/mol. The first kappa shape index (κ1) is 17.0. The molecule has 0 heterocycles. The number of hydrogen-bond donors (Lipinski definition) is 1. The predicted octanol–water partition coefficient (Wildman–Crippen LogP) is 2.62. The van der Waals surface area contributed by atoms with Crippen LogP contribution in [0.25, 0.3) is 0 Å². The first-order chi connectivity index (χ1) is 9.74. The second-order valence-electron chi connectivity index (χ2n) is 4.80. The van der Waals surface area contributed by atoms with Crippen molar-refractivity contribution in [3.63, 3.8) is 0 Å². The topological polar surface area (TPSA) is 39.7 Å². The first-order valence-electron chi connectivity index (χ1n) is 7.33. The van der Waals surface area contributed by atoms with Crippen molar-refractivity contribution in [2.75, 3.05) is 33.0 Å². The van der Waals surface area contributed by atoms with Crippen LogP contribution in [-0.2, 0) is 16.0 Å². The quantitative estimate of drug-likeness (QED) is 0.633. The number of hydrogen-bond acceptors (Lipinski definition) is 4. The van der Waals surface area contributed by atoms with Gasteiger partial charge in [0.2, 0.25) is 0 Å². The van der Waals surface area contributed by atoms with Crippen molar-refractivity contribution >= 4 is 0 Å². The molecule has 20 heavy (non-hydrogen) atoms. The summed E-state index contributed by atoms with van der Waals surface area (Å²) in [6.07, 6.45) is 0. The van der Waals surface area contributed by atoms with Crippen LogP contribution < -0.4 is 10.1 Å². The molecule has 0 saturated heterocycles. The molecule has 0 radical (unpaired) electrons. The molecular formula is C16H27NO3. The van der Waals surface area contributed by atoms with Gasteiger partial charge in [-0.15, -0.1) is 0 Å². The van der Waals surface area contributed by atoms with Crippen molar-refractivity contribution in [3.8, 4) is 5.75 Å². The zero-order valence-electron chi connectivity index (χ0n) is 12.9. The lowest BCUT2D eigenvalue weighted by Crippen LogP contribution is -2.22. The van der Waals surface area contributed by atoms with Crippen LogP contribution in [-0.4, -0.2) is 39.1 Å². The highest BCUT2D eigenvalue weighted by Crippen LogP contribution is 2.17. The highest BCUT2D eigenvalue weighted by Gasteiger charge is 2.03. The van der Waals surface area contributed by atoms with Crippen LogP contribution in [0, 0.1) is 0 Å². The van der Waals surface area contributed by atoms with Gasteiger partial charge in [-0.25, -0.2) is 0 Å². The molecular weight excluding hydrogens is 254 g/mol. The van der Waals surface area contributed by atoms with Crippen LogP contribution in [0.1, 0.15) is 26.3 Å². The molecule has 0 bridgehead atoms. The van der Waals surface area contributed by atoms with Crippen LogP contribution in [0.4, 0.5) is 0 Å². The van der Waals surface area contributed by atoms with Crippen LogP contribution in [0.3, 0.4) is 0 Å². The van der Waals surface area contributed by atoms with Crippen LogP contribution in [0.5, 0.6) is 5.75 Å². The SMILES string of the molecule is CCOCCOCCOc1ccccc1CNC(C)C. The third-order valence-corrected chi connectivity index (χ3v) is 2.73. The lowest BCUT2D eigenvalue weighted by molar-refractivity contribution is 0.0403. The Morgan fingerprint density at radius 3 is 2.45 bits per heavy atom. The Balaban J connectivity index is 2.25. The Morgan fingerprint density at radius 1 is 1.00 bits per heavy atom. The van der Waals surface area contributed by atoms with Gasteiger partial charge in [0, 0.05) is 24.8 Å². The van der Waals surface area contributed by atoms with Crippen LogP contribution in [0.15, 0.2) is 24.3 Å². The van der Waals surface area contributed by atoms with E-state index in [1.165, 1.54) is 5.56 Å². The maximum absolute atomic E-state index is 5.77. The van der Waals surface area contributed by atoms with Crippen molar-refractivity contribution in [1.82, 2.24) is 5.32 Å². The van der Waals surface area contributed by atoms with Gasteiger partial charge in [0.15, 0.2) is 0 Å². The lowest BCUT2D eigenvalue weighted by atomic mass is 10.2. The normalized spacial score (nSPS) is 11.0. The fourth-order valence-electron chi connectivity index (χ4n) is 1.68. The molecule has 0 aliphatic heterocycles. The molecule has 1 aromatic carbocycles. The molecule has 1 rings (SSSR count). The van der Waals surface area contributed by atoms with Gasteiger partial charge < -0.3 is 19.5 Å². The average molecular weight is 281 g/mol. The van der Waals surface area contributed by atoms with Crippen molar-refractivity contribution < 1.29 is 14.2 Å². The second kappa shape index (κ2) is 10.7. The van der Waals surface area contributed by atoms with E-state index < -0.39 is 0 Å². The Kier molecular flexibility index (Phi) is 9.04. The molecule has 0 aliphatic carbocycles. The number of nitrogens with one attached hydrogen (secondary N) is 1. The van der Waals surface area contributed by atoms with Gasteiger partial charge in [-0.1, -0.05) is 32.0 Å². The van der Waals surface area contributed by atoms with E-state index in [0.717, 1.165) is 18.9 Å². The maximum Gasteiger partial charge on any atom is 0.123 e. The lowest BCUT2D eigenvalue weighted by Gasteiger charge is -2.13. The molecule has 0 fully saturated rings. The molecule has 1 aromatic rings. The molecule has 1 N–H and O–H groups in total. The molecule has 0 saturated carbocycles. The van der Waals surface area contributed by atoms with Gasteiger partial charge in [-0.2, -0.15) is 0 Å². The standard InChI is InChI=1S/C16H27NO3/c1-4-18-9-10-19-11-12-20-16-8-6-5-7-15(16)13-17-14(2)3/h5-8,14,17H,4,9-13H2,1-3H3. The van der Waals surface area contributed by atoms with Gasteiger partial charge >= 0.3 is 0 Å². The van der Waals surface area contributed by atoms with Crippen molar-refractivity contribution in [2.24, 2.45) is 0 Å². The molecule has 4 nitrogen and oxygen atoms in total. The number of para-hydroxylation sites is 1. The summed E-state index contributed by atoms with van der Waals surface area (Å²) in [7, 11) is 0. The maximum atomic E-state index is 5.77. The Bertz CT molecular complexity index is 355. The summed E-state index contributed by atoms with van der Waals surface area (Å²) in [5, 5.41) is 3.40. The van der Waals surface area contributed by atoms with E-state index in [0.29, 0.717) is 32.5 Å². The number of ether oxygens (including phenoxy) is 3. The zero-order valence-corrected chi connectivity index (χ0v) is 12.9. The van der Waals surface area contributed by atoms with E-state index >= 15 is 0 Å². The minimum atomic E-state index is 0.463. The van der Waals surface area contributed by atoms with Crippen molar-refractivity contribution in [1.29, 1.82) is 0 Å². The Morgan fingerprint density at radius 2 is 1.70 bits per heavy atom. The van der Waals surface area contributed by atoms with E-state index in [1.54, 1.807) is 0 Å². The van der Waals surface area contributed by atoms with E-state index in [4.69, 9.17) is 14.2 Å². The zero-order chi connectivity index (χ0) is 14.6. The number of benzene rings is 1. The third-order valence-electron chi connectivity index (χ3n) is 2.73. The van der Waals surface area contributed by atoms with Crippen LogP contribution >= 0.6 is 0 Å². The summed E-state index contributed by atoms with van der Waals surface area (Å²) in [5.74, 6) is 0.925. The van der Waals surface area contributed by atoms with E-state index in [-0.39, 0.29) is 0 Å². The van der Waals surface area contributed by atoms with Gasteiger partial charge in [-0.05, 0) is 13.0 Å². The molecule has 114 valence electrons.